The summed E-state index contributed by atoms with van der Waals surface area (Å²) in [5.74, 6) is 0. The molecule has 1 unspecified atom stereocenters. The number of methoxy groups -OCH3 is 1. The number of aryl methyl sites for hydroxylation is 1. The highest BCUT2D eigenvalue weighted by Crippen LogP contribution is 2.30. The third kappa shape index (κ3) is 3.79. The largest absolute Gasteiger partial charge is 0.381 e. The molecule has 2 rings (SSSR count). The van der Waals surface area contributed by atoms with Crippen LogP contribution >= 0.6 is 11.3 Å². The van der Waals surface area contributed by atoms with E-state index < -0.39 is 0 Å². The molecule has 20 heavy (non-hydrogen) atoms. The molecular formula is C15H26N2O2S. The summed E-state index contributed by atoms with van der Waals surface area (Å²) in [6.07, 6.45) is 3.97. The smallest absolute Gasteiger partial charge is 0.0944 e. The van der Waals surface area contributed by atoms with Crippen LogP contribution in [0.3, 0.4) is 0 Å². The molecule has 0 spiro atoms. The van der Waals surface area contributed by atoms with E-state index in [4.69, 9.17) is 9.47 Å². The SMILES string of the molecule is CCCNC(Cc1nc(C)cs1)C1(OC)CCOCC1. The normalized spacial score (nSPS) is 19.9. The lowest BCUT2D eigenvalue weighted by atomic mass is 9.84. The summed E-state index contributed by atoms with van der Waals surface area (Å²) in [7, 11) is 1.83. The van der Waals surface area contributed by atoms with Gasteiger partial charge in [-0.1, -0.05) is 6.92 Å². The van der Waals surface area contributed by atoms with Gasteiger partial charge in [0.05, 0.1) is 10.6 Å². The van der Waals surface area contributed by atoms with Crippen molar-refractivity contribution >= 4 is 11.3 Å². The highest BCUT2D eigenvalue weighted by atomic mass is 32.1. The van der Waals surface area contributed by atoms with Gasteiger partial charge < -0.3 is 14.8 Å². The van der Waals surface area contributed by atoms with Gasteiger partial charge in [0.15, 0.2) is 0 Å². The standard InChI is InChI=1S/C15H26N2O2S/c1-4-7-16-13(10-14-17-12(2)11-20-14)15(18-3)5-8-19-9-6-15/h11,13,16H,4-10H2,1-3H3. The summed E-state index contributed by atoms with van der Waals surface area (Å²) in [5.41, 5.74) is 0.991. The molecule has 0 bridgehead atoms. The Morgan fingerprint density at radius 2 is 2.25 bits per heavy atom. The average Bonchev–Trinajstić information content (AvgIpc) is 2.89. The van der Waals surface area contributed by atoms with Crippen LogP contribution in [-0.4, -0.2) is 43.5 Å². The highest BCUT2D eigenvalue weighted by Gasteiger charge is 2.40. The Morgan fingerprint density at radius 1 is 1.50 bits per heavy atom. The number of nitrogens with one attached hydrogen (secondary N) is 1. The molecule has 0 aliphatic carbocycles. The van der Waals surface area contributed by atoms with E-state index in [-0.39, 0.29) is 5.60 Å². The van der Waals surface area contributed by atoms with Gasteiger partial charge in [-0.3, -0.25) is 0 Å². The lowest BCUT2D eigenvalue weighted by molar-refractivity contribution is -0.110. The number of aromatic nitrogens is 1. The first-order valence-corrected chi connectivity index (χ1v) is 8.35. The molecule has 5 heteroatoms. The second kappa shape index (κ2) is 7.50. The number of hydrogen-bond acceptors (Lipinski definition) is 5. The van der Waals surface area contributed by atoms with Crippen molar-refractivity contribution in [2.75, 3.05) is 26.9 Å². The first kappa shape index (κ1) is 15.9. The molecule has 114 valence electrons. The molecule has 0 amide bonds. The van der Waals surface area contributed by atoms with Crippen molar-refractivity contribution in [3.8, 4) is 0 Å². The molecule has 1 aliphatic heterocycles. The van der Waals surface area contributed by atoms with Gasteiger partial charge in [-0.2, -0.15) is 0 Å². The molecule has 2 heterocycles. The number of nitrogens with zero attached hydrogens (tertiary/aromatic N) is 1. The lowest BCUT2D eigenvalue weighted by Crippen LogP contribution is -2.56. The van der Waals surface area contributed by atoms with Crippen molar-refractivity contribution in [2.45, 2.75) is 51.2 Å². The van der Waals surface area contributed by atoms with E-state index in [1.807, 2.05) is 7.11 Å². The Kier molecular flexibility index (Phi) is 5.96. The summed E-state index contributed by atoms with van der Waals surface area (Å²) in [4.78, 5) is 4.61. The maximum Gasteiger partial charge on any atom is 0.0944 e. The molecule has 1 saturated heterocycles. The Morgan fingerprint density at radius 3 is 2.80 bits per heavy atom. The van der Waals surface area contributed by atoms with Gasteiger partial charge in [-0.25, -0.2) is 4.98 Å². The van der Waals surface area contributed by atoms with Crippen LogP contribution in [0.4, 0.5) is 0 Å². The Labute approximate surface area is 125 Å². The van der Waals surface area contributed by atoms with E-state index in [9.17, 15) is 0 Å². The van der Waals surface area contributed by atoms with Crippen molar-refractivity contribution in [1.29, 1.82) is 0 Å². The van der Waals surface area contributed by atoms with Crippen LogP contribution in [0.25, 0.3) is 0 Å². The number of thiazole rings is 1. The van der Waals surface area contributed by atoms with Crippen LogP contribution in [0, 0.1) is 6.92 Å². The van der Waals surface area contributed by atoms with Gasteiger partial charge in [-0.05, 0) is 19.9 Å². The highest BCUT2D eigenvalue weighted by molar-refractivity contribution is 7.09. The van der Waals surface area contributed by atoms with Crippen molar-refractivity contribution in [1.82, 2.24) is 10.3 Å². The third-order valence-corrected chi connectivity index (χ3v) is 5.06. The van der Waals surface area contributed by atoms with Crippen LogP contribution < -0.4 is 5.32 Å². The topological polar surface area (TPSA) is 43.4 Å². The van der Waals surface area contributed by atoms with Crippen molar-refractivity contribution in [3.63, 3.8) is 0 Å². The van der Waals surface area contributed by atoms with Crippen LogP contribution in [0.15, 0.2) is 5.38 Å². The van der Waals surface area contributed by atoms with E-state index >= 15 is 0 Å². The van der Waals surface area contributed by atoms with Crippen LogP contribution in [0.1, 0.15) is 36.9 Å². The van der Waals surface area contributed by atoms with E-state index in [0.717, 1.165) is 51.1 Å². The Balaban J connectivity index is 2.11. The molecule has 0 radical (unpaired) electrons. The van der Waals surface area contributed by atoms with Gasteiger partial charge in [0.25, 0.3) is 0 Å². The fraction of sp³-hybridized carbons (Fsp3) is 0.800. The second-order valence-electron chi connectivity index (χ2n) is 5.47. The molecule has 0 aromatic carbocycles. The van der Waals surface area contributed by atoms with Crippen molar-refractivity contribution in [2.24, 2.45) is 0 Å². The predicted molar refractivity (Wildman–Crippen MR) is 82.4 cm³/mol. The summed E-state index contributed by atoms with van der Waals surface area (Å²) >= 11 is 1.75. The summed E-state index contributed by atoms with van der Waals surface area (Å²) in [5, 5.41) is 6.99. The minimum absolute atomic E-state index is 0.118. The first-order valence-electron chi connectivity index (χ1n) is 7.47. The second-order valence-corrected chi connectivity index (χ2v) is 6.42. The van der Waals surface area contributed by atoms with E-state index in [1.165, 1.54) is 5.01 Å². The Bertz CT molecular complexity index is 402. The molecule has 1 fully saturated rings. The van der Waals surface area contributed by atoms with Gasteiger partial charge >= 0.3 is 0 Å². The number of rotatable bonds is 7. The molecule has 1 aromatic rings. The maximum absolute atomic E-state index is 5.95. The van der Waals surface area contributed by atoms with Crippen LogP contribution in [0.2, 0.25) is 0 Å². The zero-order valence-corrected chi connectivity index (χ0v) is 13.6. The summed E-state index contributed by atoms with van der Waals surface area (Å²) in [6.45, 7) is 6.83. The molecule has 1 aromatic heterocycles. The molecular weight excluding hydrogens is 272 g/mol. The maximum atomic E-state index is 5.95. The summed E-state index contributed by atoms with van der Waals surface area (Å²) < 4.78 is 11.5. The lowest BCUT2D eigenvalue weighted by Gasteiger charge is -2.42. The van der Waals surface area contributed by atoms with Gasteiger partial charge in [-0.15, -0.1) is 11.3 Å². The van der Waals surface area contributed by atoms with E-state index in [1.54, 1.807) is 11.3 Å². The zero-order chi connectivity index (χ0) is 14.4. The summed E-state index contributed by atoms with van der Waals surface area (Å²) in [6, 6.07) is 0.307. The predicted octanol–water partition coefficient (Wildman–Crippen LogP) is 2.56. The fourth-order valence-electron chi connectivity index (χ4n) is 2.85. The van der Waals surface area contributed by atoms with E-state index in [2.05, 4.69) is 29.5 Å². The molecule has 0 saturated carbocycles. The van der Waals surface area contributed by atoms with Crippen LogP contribution in [0.5, 0.6) is 0 Å². The minimum Gasteiger partial charge on any atom is -0.381 e. The van der Waals surface area contributed by atoms with Gasteiger partial charge in [0, 0.05) is 56.7 Å². The zero-order valence-electron chi connectivity index (χ0n) is 12.8. The number of hydrogen-bond donors (Lipinski definition) is 1. The number of ether oxygens (including phenoxy) is 2. The van der Waals surface area contributed by atoms with Crippen LogP contribution in [-0.2, 0) is 15.9 Å². The van der Waals surface area contributed by atoms with Gasteiger partial charge in [0.1, 0.15) is 0 Å². The van der Waals surface area contributed by atoms with Gasteiger partial charge in [0.2, 0.25) is 0 Å². The van der Waals surface area contributed by atoms with E-state index in [0.29, 0.717) is 6.04 Å². The average molecular weight is 298 g/mol. The minimum atomic E-state index is -0.118. The van der Waals surface area contributed by atoms with Crippen molar-refractivity contribution < 1.29 is 9.47 Å². The Hall–Kier alpha value is -0.490. The first-order chi connectivity index (χ1) is 9.70. The molecule has 4 nitrogen and oxygen atoms in total. The molecule has 1 aliphatic rings. The molecule has 1 N–H and O–H groups in total. The third-order valence-electron chi connectivity index (χ3n) is 4.07. The monoisotopic (exact) mass is 298 g/mol. The molecule has 1 atom stereocenters. The van der Waals surface area contributed by atoms with Crippen molar-refractivity contribution in [3.05, 3.63) is 16.1 Å². The quantitative estimate of drug-likeness (QED) is 0.840. The fourth-order valence-corrected chi connectivity index (χ4v) is 3.66.